The predicted octanol–water partition coefficient (Wildman–Crippen LogP) is 0.538. The molecule has 1 saturated carbocycles. The quantitative estimate of drug-likeness (QED) is 0.603. The lowest BCUT2D eigenvalue weighted by Gasteiger charge is -2.20. The molecular weight excluding hydrogens is 304 g/mol. The first kappa shape index (κ1) is 16.7. The van der Waals surface area contributed by atoms with Crippen LogP contribution in [0.3, 0.4) is 0 Å². The van der Waals surface area contributed by atoms with Crippen LogP contribution in [0.2, 0.25) is 0 Å². The summed E-state index contributed by atoms with van der Waals surface area (Å²) in [6, 6.07) is 1.11. The third kappa shape index (κ3) is 5.93. The summed E-state index contributed by atoms with van der Waals surface area (Å²) < 4.78 is 10.0. The van der Waals surface area contributed by atoms with Crippen molar-refractivity contribution in [3.63, 3.8) is 0 Å². The predicted molar refractivity (Wildman–Crippen MR) is 79.6 cm³/mol. The van der Waals surface area contributed by atoms with Crippen molar-refractivity contribution in [2.24, 2.45) is 0 Å². The number of ether oxygens (including phenoxy) is 2. The maximum atomic E-state index is 11.6. The molecule has 8 nitrogen and oxygen atoms in total. The van der Waals surface area contributed by atoms with Crippen LogP contribution in [0.5, 0.6) is 0 Å². The van der Waals surface area contributed by atoms with E-state index < -0.39 is 23.2 Å². The normalized spacial score (nSPS) is 15.5. The van der Waals surface area contributed by atoms with Gasteiger partial charge in [-0.1, -0.05) is 6.42 Å². The standard InChI is InChI=1S/C15H18N2O6/c18-12-8-10(16-15(21)17-12)9-22-13(19)6-7-14(20)23-11-4-2-1-3-5-11/h6-8,11H,1-5,9H2,(H2,16,17,18,21)/b7-6+. The number of nitrogens with one attached hydrogen (secondary N) is 2. The van der Waals surface area contributed by atoms with E-state index in [9.17, 15) is 19.2 Å². The smallest absolute Gasteiger partial charge is 0.331 e. The Kier molecular flexibility index (Phi) is 5.90. The van der Waals surface area contributed by atoms with E-state index in [1.165, 1.54) is 0 Å². The molecule has 0 amide bonds. The van der Waals surface area contributed by atoms with Crippen LogP contribution in [0.15, 0.2) is 27.8 Å². The molecule has 0 atom stereocenters. The van der Waals surface area contributed by atoms with Gasteiger partial charge in [-0.2, -0.15) is 0 Å². The molecule has 0 aromatic carbocycles. The Balaban J connectivity index is 1.78. The third-order valence-electron chi connectivity index (χ3n) is 3.38. The average Bonchev–Trinajstić information content (AvgIpc) is 2.51. The van der Waals surface area contributed by atoms with Crippen LogP contribution >= 0.6 is 0 Å². The Bertz CT molecular complexity index is 668. The van der Waals surface area contributed by atoms with Gasteiger partial charge in [0.25, 0.3) is 5.56 Å². The summed E-state index contributed by atoms with van der Waals surface area (Å²) in [5, 5.41) is 0. The lowest BCUT2D eigenvalue weighted by Crippen LogP contribution is -2.23. The van der Waals surface area contributed by atoms with E-state index in [1.807, 2.05) is 4.98 Å². The summed E-state index contributed by atoms with van der Waals surface area (Å²) in [5.74, 6) is -1.36. The van der Waals surface area contributed by atoms with Crippen LogP contribution in [0.4, 0.5) is 0 Å². The molecule has 2 N–H and O–H groups in total. The second-order valence-corrected chi connectivity index (χ2v) is 5.25. The van der Waals surface area contributed by atoms with Gasteiger partial charge in [-0.15, -0.1) is 0 Å². The van der Waals surface area contributed by atoms with Crippen LogP contribution in [0, 0.1) is 0 Å². The maximum absolute atomic E-state index is 11.6. The molecule has 124 valence electrons. The zero-order chi connectivity index (χ0) is 16.7. The number of aromatic nitrogens is 2. The molecule has 23 heavy (non-hydrogen) atoms. The Hall–Kier alpha value is -2.64. The van der Waals surface area contributed by atoms with E-state index in [2.05, 4.69) is 4.98 Å². The first-order valence-corrected chi connectivity index (χ1v) is 7.41. The molecule has 1 heterocycles. The first-order valence-electron chi connectivity index (χ1n) is 7.41. The zero-order valence-corrected chi connectivity index (χ0v) is 12.5. The monoisotopic (exact) mass is 322 g/mol. The topological polar surface area (TPSA) is 118 Å². The van der Waals surface area contributed by atoms with E-state index >= 15 is 0 Å². The molecule has 0 unspecified atom stereocenters. The largest absolute Gasteiger partial charge is 0.459 e. The van der Waals surface area contributed by atoms with Crippen molar-refractivity contribution >= 4 is 11.9 Å². The number of hydrogen-bond acceptors (Lipinski definition) is 6. The maximum Gasteiger partial charge on any atom is 0.331 e. The highest BCUT2D eigenvalue weighted by molar-refractivity contribution is 5.91. The second kappa shape index (κ2) is 8.11. The van der Waals surface area contributed by atoms with Crippen LogP contribution in [0.25, 0.3) is 0 Å². The van der Waals surface area contributed by atoms with Crippen molar-refractivity contribution in [3.8, 4) is 0 Å². The minimum Gasteiger partial charge on any atom is -0.459 e. The lowest BCUT2D eigenvalue weighted by molar-refractivity contribution is -0.145. The van der Waals surface area contributed by atoms with Crippen LogP contribution in [-0.4, -0.2) is 28.0 Å². The fraction of sp³-hybridized carbons (Fsp3) is 0.467. The summed E-state index contributed by atoms with van der Waals surface area (Å²) in [6.45, 7) is -0.278. The van der Waals surface area contributed by atoms with E-state index in [1.54, 1.807) is 0 Å². The third-order valence-corrected chi connectivity index (χ3v) is 3.38. The van der Waals surface area contributed by atoms with Crippen molar-refractivity contribution in [3.05, 3.63) is 44.8 Å². The summed E-state index contributed by atoms with van der Waals surface area (Å²) >= 11 is 0. The van der Waals surface area contributed by atoms with Crippen molar-refractivity contribution < 1.29 is 19.1 Å². The molecule has 1 aromatic heterocycles. The molecule has 0 radical (unpaired) electrons. The average molecular weight is 322 g/mol. The van der Waals surface area contributed by atoms with Gasteiger partial charge in [0, 0.05) is 18.2 Å². The van der Waals surface area contributed by atoms with Crippen molar-refractivity contribution in [2.75, 3.05) is 0 Å². The minimum atomic E-state index is -0.772. The van der Waals surface area contributed by atoms with Gasteiger partial charge in [0.05, 0.1) is 5.69 Å². The number of aromatic amines is 2. The Morgan fingerprint density at radius 2 is 1.78 bits per heavy atom. The van der Waals surface area contributed by atoms with Gasteiger partial charge in [0.1, 0.15) is 12.7 Å². The molecule has 0 spiro atoms. The molecule has 0 aliphatic heterocycles. The van der Waals surface area contributed by atoms with Gasteiger partial charge in [-0.3, -0.25) is 9.78 Å². The molecule has 1 fully saturated rings. The van der Waals surface area contributed by atoms with Gasteiger partial charge >= 0.3 is 17.6 Å². The van der Waals surface area contributed by atoms with E-state index in [0.717, 1.165) is 50.3 Å². The van der Waals surface area contributed by atoms with Crippen LogP contribution < -0.4 is 11.2 Å². The van der Waals surface area contributed by atoms with Gasteiger partial charge in [-0.25, -0.2) is 14.4 Å². The van der Waals surface area contributed by atoms with Crippen LogP contribution in [-0.2, 0) is 25.7 Å². The molecule has 2 rings (SSSR count). The summed E-state index contributed by atoms with van der Waals surface area (Å²) in [4.78, 5) is 49.5. The lowest BCUT2D eigenvalue weighted by atomic mass is 9.98. The van der Waals surface area contributed by atoms with Gasteiger partial charge in [0.2, 0.25) is 0 Å². The number of hydrogen-bond donors (Lipinski definition) is 2. The Morgan fingerprint density at radius 3 is 2.48 bits per heavy atom. The number of carbonyl (C=O) groups is 2. The van der Waals surface area contributed by atoms with E-state index in [0.29, 0.717) is 0 Å². The number of carbonyl (C=O) groups excluding carboxylic acids is 2. The number of rotatable bonds is 5. The van der Waals surface area contributed by atoms with Gasteiger partial charge in [-0.05, 0) is 25.7 Å². The highest BCUT2D eigenvalue weighted by atomic mass is 16.5. The fourth-order valence-corrected chi connectivity index (χ4v) is 2.32. The molecule has 8 heteroatoms. The van der Waals surface area contributed by atoms with Gasteiger partial charge in [0.15, 0.2) is 0 Å². The van der Waals surface area contributed by atoms with E-state index in [4.69, 9.17) is 9.47 Å². The molecule has 0 saturated heterocycles. The van der Waals surface area contributed by atoms with Crippen molar-refractivity contribution in [1.29, 1.82) is 0 Å². The Labute approximate surface area is 131 Å². The first-order chi connectivity index (χ1) is 11.0. The highest BCUT2D eigenvalue weighted by Gasteiger charge is 2.16. The van der Waals surface area contributed by atoms with Crippen LogP contribution in [0.1, 0.15) is 37.8 Å². The minimum absolute atomic E-state index is 0.0851. The van der Waals surface area contributed by atoms with Crippen molar-refractivity contribution in [1.82, 2.24) is 9.97 Å². The Morgan fingerprint density at radius 1 is 1.09 bits per heavy atom. The second-order valence-electron chi connectivity index (χ2n) is 5.25. The molecule has 0 bridgehead atoms. The number of H-pyrrole nitrogens is 2. The summed E-state index contributed by atoms with van der Waals surface area (Å²) in [7, 11) is 0. The van der Waals surface area contributed by atoms with Gasteiger partial charge < -0.3 is 14.5 Å². The number of esters is 2. The summed E-state index contributed by atoms with van der Waals surface area (Å²) in [6.07, 6.45) is 6.81. The SMILES string of the molecule is O=C(/C=C/C(=O)OC1CCCCC1)OCc1cc(=O)[nH]c(=O)[nH]1. The summed E-state index contributed by atoms with van der Waals surface area (Å²) in [5.41, 5.74) is -1.12. The van der Waals surface area contributed by atoms with Crippen molar-refractivity contribution in [2.45, 2.75) is 44.8 Å². The van der Waals surface area contributed by atoms with E-state index in [-0.39, 0.29) is 18.4 Å². The molecular formula is C15H18N2O6. The highest BCUT2D eigenvalue weighted by Crippen LogP contribution is 2.20. The molecule has 1 aliphatic carbocycles. The zero-order valence-electron chi connectivity index (χ0n) is 12.5. The molecule has 1 aromatic rings. The molecule has 1 aliphatic rings. The fourth-order valence-electron chi connectivity index (χ4n) is 2.32.